The van der Waals surface area contributed by atoms with E-state index in [1.807, 2.05) is 55.5 Å². The van der Waals surface area contributed by atoms with Gasteiger partial charge in [0.2, 0.25) is 0 Å². The molecule has 1 heterocycles. The predicted octanol–water partition coefficient (Wildman–Crippen LogP) is 6.24. The van der Waals surface area contributed by atoms with Crippen LogP contribution in [0, 0.1) is 6.92 Å². The molecule has 0 aliphatic rings. The number of hydrogen-bond acceptors (Lipinski definition) is 4. The van der Waals surface area contributed by atoms with Crippen LogP contribution in [0.5, 0.6) is 0 Å². The maximum absolute atomic E-state index is 12.9. The third-order valence-corrected chi connectivity index (χ3v) is 5.54. The molecule has 140 valence electrons. The Kier molecular flexibility index (Phi) is 6.48. The first-order valence-corrected chi connectivity index (χ1v) is 10.2. The lowest BCUT2D eigenvalue weighted by molar-refractivity contribution is 0.102. The molecular weight excluding hydrogens is 378 g/mol. The molecule has 0 aliphatic heterocycles. The lowest BCUT2D eigenvalue weighted by atomic mass is 9.98. The Balaban J connectivity index is 1.91. The van der Waals surface area contributed by atoms with Gasteiger partial charge >= 0.3 is 0 Å². The van der Waals surface area contributed by atoms with Gasteiger partial charge in [-0.15, -0.1) is 0 Å². The van der Waals surface area contributed by atoms with Crippen molar-refractivity contribution < 1.29 is 4.79 Å². The summed E-state index contributed by atoms with van der Waals surface area (Å²) in [5, 5.41) is 6.79. The third-order valence-electron chi connectivity index (χ3n) is 4.17. The van der Waals surface area contributed by atoms with Crippen molar-refractivity contribution in [2.24, 2.45) is 0 Å². The number of nitrogens with zero attached hydrogens (tertiary/aromatic N) is 1. The molecule has 1 amide bonds. The van der Waals surface area contributed by atoms with Gasteiger partial charge in [0.05, 0.1) is 5.69 Å². The molecule has 0 atom stereocenters. The van der Waals surface area contributed by atoms with Crippen LogP contribution in [-0.2, 0) is 0 Å². The van der Waals surface area contributed by atoms with Crippen LogP contribution in [0.15, 0.2) is 48.5 Å². The number of amides is 1. The summed E-state index contributed by atoms with van der Waals surface area (Å²) in [6.07, 6.45) is 2.24. The van der Waals surface area contributed by atoms with E-state index in [4.69, 9.17) is 11.6 Å². The van der Waals surface area contributed by atoms with Crippen molar-refractivity contribution in [3.05, 3.63) is 64.1 Å². The lowest BCUT2D eigenvalue weighted by Gasteiger charge is -2.13. The molecule has 0 saturated carbocycles. The normalized spacial score (nSPS) is 10.6. The molecule has 0 aliphatic carbocycles. The van der Waals surface area contributed by atoms with Crippen molar-refractivity contribution in [3.63, 3.8) is 0 Å². The van der Waals surface area contributed by atoms with Crippen molar-refractivity contribution in [3.8, 4) is 11.1 Å². The number of anilines is 2. The van der Waals surface area contributed by atoms with E-state index in [1.165, 1.54) is 11.3 Å². The molecule has 0 radical (unpaired) electrons. The minimum Gasteiger partial charge on any atom is -0.385 e. The van der Waals surface area contributed by atoms with E-state index >= 15 is 0 Å². The second kappa shape index (κ2) is 9.02. The molecule has 0 fully saturated rings. The zero-order chi connectivity index (χ0) is 19.2. The van der Waals surface area contributed by atoms with Crippen molar-refractivity contribution in [2.75, 3.05) is 17.2 Å². The van der Waals surface area contributed by atoms with Gasteiger partial charge < -0.3 is 5.32 Å². The number of thiazole rings is 1. The number of unbranched alkanes of at least 4 members (excludes halogenated alkanes) is 1. The van der Waals surface area contributed by atoms with Gasteiger partial charge in [-0.3, -0.25) is 10.1 Å². The van der Waals surface area contributed by atoms with Crippen LogP contribution < -0.4 is 10.6 Å². The van der Waals surface area contributed by atoms with Crippen LogP contribution >= 0.6 is 22.9 Å². The summed E-state index contributed by atoms with van der Waals surface area (Å²) in [6, 6.07) is 15.7. The molecule has 3 aromatic rings. The zero-order valence-corrected chi connectivity index (χ0v) is 17.0. The Bertz CT molecular complexity index is 905. The van der Waals surface area contributed by atoms with E-state index in [0.29, 0.717) is 15.0 Å². The van der Waals surface area contributed by atoms with Gasteiger partial charge in [-0.2, -0.15) is 0 Å². The molecule has 0 unspecified atom stereocenters. The van der Waals surface area contributed by atoms with E-state index < -0.39 is 0 Å². The standard InChI is InChI=1S/C21H22ClN3OS/c1-3-4-12-23-16-10-11-17(18(13-16)15-8-6-5-7-9-15)20(26)25-21-24-14(2)19(22)27-21/h5-11,13,23H,3-4,12H2,1-2H3,(H,24,25,26). The van der Waals surface area contributed by atoms with Crippen LogP contribution in [0.4, 0.5) is 10.8 Å². The molecule has 0 spiro atoms. The average Bonchev–Trinajstić information content (AvgIpc) is 2.99. The van der Waals surface area contributed by atoms with E-state index in [-0.39, 0.29) is 5.91 Å². The molecule has 4 nitrogen and oxygen atoms in total. The SMILES string of the molecule is CCCCNc1ccc(C(=O)Nc2nc(C)c(Cl)s2)c(-c2ccccc2)c1. The van der Waals surface area contributed by atoms with E-state index in [2.05, 4.69) is 22.5 Å². The van der Waals surface area contributed by atoms with Crippen LogP contribution in [0.3, 0.4) is 0 Å². The summed E-state index contributed by atoms with van der Waals surface area (Å²) in [4.78, 5) is 17.2. The van der Waals surface area contributed by atoms with E-state index in [1.54, 1.807) is 0 Å². The van der Waals surface area contributed by atoms with Crippen molar-refractivity contribution in [1.82, 2.24) is 4.98 Å². The number of nitrogens with one attached hydrogen (secondary N) is 2. The second-order valence-electron chi connectivity index (χ2n) is 6.24. The van der Waals surface area contributed by atoms with Crippen LogP contribution in [-0.4, -0.2) is 17.4 Å². The van der Waals surface area contributed by atoms with Gasteiger partial charge in [-0.25, -0.2) is 4.98 Å². The monoisotopic (exact) mass is 399 g/mol. The Morgan fingerprint density at radius 3 is 2.63 bits per heavy atom. The molecule has 2 aromatic carbocycles. The number of hydrogen-bond donors (Lipinski definition) is 2. The highest BCUT2D eigenvalue weighted by Gasteiger charge is 2.16. The highest BCUT2D eigenvalue weighted by Crippen LogP contribution is 2.30. The molecular formula is C21H22ClN3OS. The number of benzene rings is 2. The lowest BCUT2D eigenvalue weighted by Crippen LogP contribution is -2.13. The Morgan fingerprint density at radius 2 is 1.96 bits per heavy atom. The van der Waals surface area contributed by atoms with E-state index in [0.717, 1.165) is 41.9 Å². The second-order valence-corrected chi connectivity index (χ2v) is 7.84. The Morgan fingerprint density at radius 1 is 1.19 bits per heavy atom. The van der Waals surface area contributed by atoms with Gasteiger partial charge in [0, 0.05) is 17.8 Å². The molecule has 0 saturated heterocycles. The van der Waals surface area contributed by atoms with Crippen LogP contribution in [0.1, 0.15) is 35.8 Å². The third kappa shape index (κ3) is 4.87. The smallest absolute Gasteiger partial charge is 0.258 e. The predicted molar refractivity (Wildman–Crippen MR) is 115 cm³/mol. The van der Waals surface area contributed by atoms with Crippen LogP contribution in [0.25, 0.3) is 11.1 Å². The zero-order valence-electron chi connectivity index (χ0n) is 15.4. The van der Waals surface area contributed by atoms with Gasteiger partial charge in [0.1, 0.15) is 4.34 Å². The molecule has 6 heteroatoms. The van der Waals surface area contributed by atoms with Crippen molar-refractivity contribution in [2.45, 2.75) is 26.7 Å². The fourth-order valence-corrected chi connectivity index (χ4v) is 3.66. The van der Waals surface area contributed by atoms with Gasteiger partial charge in [0.25, 0.3) is 5.91 Å². The van der Waals surface area contributed by atoms with Gasteiger partial charge in [-0.05, 0) is 42.7 Å². The number of carbonyl (C=O) groups excluding carboxylic acids is 1. The summed E-state index contributed by atoms with van der Waals surface area (Å²) in [5.74, 6) is -0.195. The highest BCUT2D eigenvalue weighted by molar-refractivity contribution is 7.19. The topological polar surface area (TPSA) is 54.0 Å². The first-order chi connectivity index (χ1) is 13.1. The van der Waals surface area contributed by atoms with Crippen molar-refractivity contribution in [1.29, 1.82) is 0 Å². The minimum atomic E-state index is -0.195. The maximum atomic E-state index is 12.9. The largest absolute Gasteiger partial charge is 0.385 e. The number of halogens is 1. The Labute approximate surface area is 168 Å². The average molecular weight is 400 g/mol. The first kappa shape index (κ1) is 19.4. The summed E-state index contributed by atoms with van der Waals surface area (Å²) >= 11 is 7.33. The number of carbonyl (C=O) groups is 1. The van der Waals surface area contributed by atoms with E-state index in [9.17, 15) is 4.79 Å². The van der Waals surface area contributed by atoms with Gasteiger partial charge in [-0.1, -0.05) is 66.6 Å². The van der Waals surface area contributed by atoms with Crippen molar-refractivity contribution >= 4 is 39.7 Å². The number of aromatic nitrogens is 1. The fraction of sp³-hybridized carbons (Fsp3) is 0.238. The summed E-state index contributed by atoms with van der Waals surface area (Å²) < 4.78 is 0.587. The van der Waals surface area contributed by atoms with Gasteiger partial charge in [0.15, 0.2) is 5.13 Å². The number of rotatable bonds is 7. The molecule has 3 rings (SSSR count). The maximum Gasteiger partial charge on any atom is 0.258 e. The molecule has 1 aromatic heterocycles. The first-order valence-electron chi connectivity index (χ1n) is 8.96. The summed E-state index contributed by atoms with van der Waals surface area (Å²) in [5.41, 5.74) is 4.21. The summed E-state index contributed by atoms with van der Waals surface area (Å²) in [7, 11) is 0. The van der Waals surface area contributed by atoms with Crippen LogP contribution in [0.2, 0.25) is 4.34 Å². The number of aryl methyl sites for hydroxylation is 1. The quantitative estimate of drug-likeness (QED) is 0.462. The molecule has 0 bridgehead atoms. The molecule has 2 N–H and O–H groups in total. The minimum absolute atomic E-state index is 0.195. The highest BCUT2D eigenvalue weighted by atomic mass is 35.5. The Hall–Kier alpha value is -2.37. The molecule has 27 heavy (non-hydrogen) atoms. The summed E-state index contributed by atoms with van der Waals surface area (Å²) in [6.45, 7) is 4.89. The fourth-order valence-electron chi connectivity index (χ4n) is 2.71.